The van der Waals surface area contributed by atoms with Crippen LogP contribution in [0.4, 0.5) is 0 Å². The average molecular weight is 451 g/mol. The normalized spacial score (nSPS) is 19.6. The molecule has 1 saturated heterocycles. The number of benzene rings is 2. The molecule has 2 heterocycles. The van der Waals surface area contributed by atoms with Crippen molar-refractivity contribution in [2.75, 3.05) is 42.1 Å². The predicted octanol–water partition coefficient (Wildman–Crippen LogP) is 4.62. The zero-order valence-electron chi connectivity index (χ0n) is 19.8. The third kappa shape index (κ3) is 3.91. The summed E-state index contributed by atoms with van der Waals surface area (Å²) in [5.74, 6) is 3.02. The first kappa shape index (κ1) is 22.7. The van der Waals surface area contributed by atoms with Gasteiger partial charge in [-0.2, -0.15) is 5.26 Å². The highest BCUT2D eigenvalue weighted by molar-refractivity contribution is 5.79. The maximum Gasteiger partial charge on any atom is 0.203 e. The van der Waals surface area contributed by atoms with Crippen LogP contribution in [-0.2, 0) is 0 Å². The fraction of sp³-hybridized carbons (Fsp3) is 0.423. The molecule has 0 saturated carbocycles. The van der Waals surface area contributed by atoms with Crippen LogP contribution in [0.25, 0.3) is 5.57 Å². The Labute approximate surface area is 195 Å². The van der Waals surface area contributed by atoms with Gasteiger partial charge in [-0.3, -0.25) is 0 Å². The minimum absolute atomic E-state index is 0.0224. The van der Waals surface area contributed by atoms with Gasteiger partial charge in [0.25, 0.3) is 0 Å². The molecule has 0 bridgehead atoms. The predicted molar refractivity (Wildman–Crippen MR) is 125 cm³/mol. The van der Waals surface area contributed by atoms with Crippen molar-refractivity contribution in [3.8, 4) is 34.8 Å². The summed E-state index contributed by atoms with van der Waals surface area (Å²) >= 11 is 0. The number of methoxy groups -OCH3 is 5. The standard InChI is InChI=1S/C26H30N2O5/c1-29-21-9-8-16(11-22(21)30-2)25-19(14-18-7-6-10-28(18)20(25)15-27)17-12-23(31-3)26(33-5)24(13-17)32-4/h8-9,11-13,18-19H,6-7,10,14H2,1-5H3. The van der Waals surface area contributed by atoms with E-state index in [1.807, 2.05) is 30.3 Å². The molecule has 2 atom stereocenters. The molecular weight excluding hydrogens is 420 g/mol. The van der Waals surface area contributed by atoms with Gasteiger partial charge in [0.1, 0.15) is 11.8 Å². The number of rotatable bonds is 7. The van der Waals surface area contributed by atoms with E-state index in [2.05, 4.69) is 11.0 Å². The largest absolute Gasteiger partial charge is 0.493 e. The molecule has 0 spiro atoms. The zero-order valence-corrected chi connectivity index (χ0v) is 19.8. The van der Waals surface area contributed by atoms with E-state index in [9.17, 15) is 5.26 Å². The minimum Gasteiger partial charge on any atom is -0.493 e. The van der Waals surface area contributed by atoms with E-state index >= 15 is 0 Å². The molecule has 1 fully saturated rings. The zero-order chi connectivity index (χ0) is 23.5. The lowest BCUT2D eigenvalue weighted by molar-refractivity contribution is 0.292. The van der Waals surface area contributed by atoms with Gasteiger partial charge in [0.05, 0.1) is 35.5 Å². The number of nitrogens with zero attached hydrogens (tertiary/aromatic N) is 2. The summed E-state index contributed by atoms with van der Waals surface area (Å²) in [5, 5.41) is 10.3. The maximum atomic E-state index is 10.3. The lowest BCUT2D eigenvalue weighted by Gasteiger charge is -2.38. The second kappa shape index (κ2) is 9.53. The highest BCUT2D eigenvalue weighted by atomic mass is 16.5. The Bertz CT molecular complexity index is 1080. The maximum absolute atomic E-state index is 10.3. The number of ether oxygens (including phenoxy) is 5. The molecule has 2 aromatic rings. The minimum atomic E-state index is -0.0224. The molecule has 0 N–H and O–H groups in total. The summed E-state index contributed by atoms with van der Waals surface area (Å²) in [5.41, 5.74) is 3.66. The van der Waals surface area contributed by atoms with E-state index in [1.54, 1.807) is 35.5 Å². The Balaban J connectivity index is 1.94. The molecule has 4 rings (SSSR count). The number of hydrogen-bond donors (Lipinski definition) is 0. The van der Waals surface area contributed by atoms with Crippen molar-refractivity contribution in [1.29, 1.82) is 5.26 Å². The first-order valence-electron chi connectivity index (χ1n) is 11.0. The summed E-state index contributed by atoms with van der Waals surface area (Å²) in [6.07, 6.45) is 3.05. The molecule has 7 nitrogen and oxygen atoms in total. The van der Waals surface area contributed by atoms with Crippen molar-refractivity contribution < 1.29 is 23.7 Å². The van der Waals surface area contributed by atoms with E-state index < -0.39 is 0 Å². The van der Waals surface area contributed by atoms with Gasteiger partial charge in [-0.1, -0.05) is 6.07 Å². The molecule has 0 amide bonds. The van der Waals surface area contributed by atoms with E-state index in [4.69, 9.17) is 23.7 Å². The van der Waals surface area contributed by atoms with Gasteiger partial charge in [0, 0.05) is 24.1 Å². The van der Waals surface area contributed by atoms with Gasteiger partial charge < -0.3 is 28.6 Å². The highest BCUT2D eigenvalue weighted by Crippen LogP contribution is 2.50. The Hall–Kier alpha value is -3.53. The molecule has 7 heteroatoms. The van der Waals surface area contributed by atoms with Crippen molar-refractivity contribution in [3.05, 3.63) is 47.2 Å². The topological polar surface area (TPSA) is 73.2 Å². The molecule has 0 aliphatic carbocycles. The van der Waals surface area contributed by atoms with E-state index in [0.717, 1.165) is 48.2 Å². The van der Waals surface area contributed by atoms with Crippen LogP contribution in [0.3, 0.4) is 0 Å². The molecule has 2 aliphatic rings. The Morgan fingerprint density at radius 1 is 0.848 bits per heavy atom. The van der Waals surface area contributed by atoms with Gasteiger partial charge >= 0.3 is 0 Å². The summed E-state index contributed by atoms with van der Waals surface area (Å²) in [7, 11) is 8.07. The lowest BCUT2D eigenvalue weighted by atomic mass is 9.78. The van der Waals surface area contributed by atoms with Gasteiger partial charge in [-0.15, -0.1) is 0 Å². The molecule has 2 unspecified atom stereocenters. The third-order valence-corrected chi connectivity index (χ3v) is 6.67. The van der Waals surface area contributed by atoms with Crippen molar-refractivity contribution in [2.24, 2.45) is 0 Å². The van der Waals surface area contributed by atoms with Crippen LogP contribution in [0.5, 0.6) is 28.7 Å². The van der Waals surface area contributed by atoms with Crippen LogP contribution < -0.4 is 23.7 Å². The molecule has 2 aliphatic heterocycles. The highest BCUT2D eigenvalue weighted by Gasteiger charge is 2.39. The van der Waals surface area contributed by atoms with Crippen LogP contribution >= 0.6 is 0 Å². The number of hydrogen-bond acceptors (Lipinski definition) is 7. The average Bonchev–Trinajstić information content (AvgIpc) is 3.34. The third-order valence-electron chi connectivity index (χ3n) is 6.67. The van der Waals surface area contributed by atoms with Crippen molar-refractivity contribution >= 4 is 5.57 Å². The fourth-order valence-corrected chi connectivity index (χ4v) is 5.16. The van der Waals surface area contributed by atoms with Crippen LogP contribution in [0.2, 0.25) is 0 Å². The first-order chi connectivity index (χ1) is 16.1. The molecule has 0 aromatic heterocycles. The smallest absolute Gasteiger partial charge is 0.203 e. The summed E-state index contributed by atoms with van der Waals surface area (Å²) < 4.78 is 27.8. The van der Waals surface area contributed by atoms with Crippen molar-refractivity contribution in [1.82, 2.24) is 4.90 Å². The second-order valence-electron chi connectivity index (χ2n) is 8.18. The Morgan fingerprint density at radius 3 is 2.09 bits per heavy atom. The quantitative estimate of drug-likeness (QED) is 0.610. The molecule has 174 valence electrons. The Morgan fingerprint density at radius 2 is 1.52 bits per heavy atom. The molecular formula is C26H30N2O5. The van der Waals surface area contributed by atoms with Crippen LogP contribution in [-0.4, -0.2) is 53.0 Å². The lowest BCUT2D eigenvalue weighted by Crippen LogP contribution is -2.35. The van der Waals surface area contributed by atoms with Gasteiger partial charge in [-0.05, 0) is 54.7 Å². The van der Waals surface area contributed by atoms with Crippen LogP contribution in [0.1, 0.15) is 36.3 Å². The van der Waals surface area contributed by atoms with E-state index in [0.29, 0.717) is 34.8 Å². The number of fused-ring (bicyclic) bond motifs is 1. The van der Waals surface area contributed by atoms with Gasteiger partial charge in [0.2, 0.25) is 5.75 Å². The van der Waals surface area contributed by atoms with E-state index in [-0.39, 0.29) is 5.92 Å². The SMILES string of the molecule is COc1ccc(C2=C(C#N)N3CCCC3CC2c2cc(OC)c(OC)c(OC)c2)cc1OC. The number of allylic oxidation sites excluding steroid dienone is 2. The number of nitriles is 1. The summed E-state index contributed by atoms with van der Waals surface area (Å²) in [6, 6.07) is 12.7. The first-order valence-corrected chi connectivity index (χ1v) is 11.0. The fourth-order valence-electron chi connectivity index (χ4n) is 5.16. The molecule has 0 radical (unpaired) electrons. The van der Waals surface area contributed by atoms with Gasteiger partial charge in [0.15, 0.2) is 23.0 Å². The second-order valence-corrected chi connectivity index (χ2v) is 8.18. The van der Waals surface area contributed by atoms with Crippen molar-refractivity contribution in [3.63, 3.8) is 0 Å². The summed E-state index contributed by atoms with van der Waals surface area (Å²) in [6.45, 7) is 0.895. The van der Waals surface area contributed by atoms with E-state index in [1.165, 1.54) is 0 Å². The summed E-state index contributed by atoms with van der Waals surface area (Å²) in [4.78, 5) is 2.26. The van der Waals surface area contributed by atoms with Crippen LogP contribution in [0, 0.1) is 11.3 Å². The molecule has 2 aromatic carbocycles. The van der Waals surface area contributed by atoms with Crippen LogP contribution in [0.15, 0.2) is 36.0 Å². The van der Waals surface area contributed by atoms with Gasteiger partial charge in [-0.25, -0.2) is 0 Å². The van der Waals surface area contributed by atoms with Crippen molar-refractivity contribution in [2.45, 2.75) is 31.2 Å². The monoisotopic (exact) mass is 450 g/mol. The Kier molecular flexibility index (Phi) is 6.55. The molecule has 33 heavy (non-hydrogen) atoms.